The molecule has 0 aliphatic heterocycles. The van der Waals surface area contributed by atoms with E-state index in [1.807, 2.05) is 13.0 Å². The van der Waals surface area contributed by atoms with Crippen LogP contribution in [0.15, 0.2) is 12.3 Å². The summed E-state index contributed by atoms with van der Waals surface area (Å²) in [7, 11) is 0. The zero-order valence-electron chi connectivity index (χ0n) is 11.1. The summed E-state index contributed by atoms with van der Waals surface area (Å²) in [6, 6.07) is 1.87. The van der Waals surface area contributed by atoms with Crippen LogP contribution in [0, 0.1) is 6.92 Å². The summed E-state index contributed by atoms with van der Waals surface area (Å²) in [6.45, 7) is 5.22. The number of aromatic nitrogens is 1. The fourth-order valence-electron chi connectivity index (χ4n) is 1.55. The highest BCUT2D eigenvalue weighted by Gasteiger charge is 2.01. The fourth-order valence-corrected chi connectivity index (χ4v) is 1.55. The lowest BCUT2D eigenvalue weighted by Gasteiger charge is -2.09. The molecule has 0 spiro atoms. The lowest BCUT2D eigenvalue weighted by atomic mass is 10.2. The second-order valence-corrected chi connectivity index (χ2v) is 4.33. The number of anilines is 2. The minimum absolute atomic E-state index is 0.100. The molecular weight excluding hydrogens is 228 g/mol. The topological polar surface area (TPSA) is 80.0 Å². The number of nitrogen functional groups attached to an aromatic ring is 1. The summed E-state index contributed by atoms with van der Waals surface area (Å²) >= 11 is 0. The van der Waals surface area contributed by atoms with Gasteiger partial charge in [-0.15, -0.1) is 0 Å². The van der Waals surface area contributed by atoms with Crippen LogP contribution in [0.25, 0.3) is 0 Å². The first kappa shape index (κ1) is 14.3. The number of rotatable bonds is 7. The normalized spacial score (nSPS) is 10.1. The van der Waals surface area contributed by atoms with E-state index in [4.69, 9.17) is 5.73 Å². The lowest BCUT2D eigenvalue weighted by molar-refractivity contribution is -0.121. The van der Waals surface area contributed by atoms with Gasteiger partial charge in [-0.05, 0) is 25.0 Å². The number of nitrogens with two attached hydrogens (primary N) is 1. The van der Waals surface area contributed by atoms with Crippen LogP contribution < -0.4 is 16.4 Å². The van der Waals surface area contributed by atoms with Gasteiger partial charge in [0.25, 0.3) is 0 Å². The van der Waals surface area contributed by atoms with Crippen LogP contribution in [0.1, 0.15) is 31.7 Å². The predicted molar refractivity (Wildman–Crippen MR) is 74.4 cm³/mol. The van der Waals surface area contributed by atoms with Gasteiger partial charge < -0.3 is 16.4 Å². The summed E-state index contributed by atoms with van der Waals surface area (Å²) in [5.74, 6) is 0.770. The molecule has 0 atom stereocenters. The van der Waals surface area contributed by atoms with Gasteiger partial charge in [-0.2, -0.15) is 0 Å². The Labute approximate surface area is 108 Å². The largest absolute Gasteiger partial charge is 0.396 e. The summed E-state index contributed by atoms with van der Waals surface area (Å²) in [6.07, 6.45) is 4.33. The minimum atomic E-state index is 0.100. The number of pyridine rings is 1. The highest BCUT2D eigenvalue weighted by Crippen LogP contribution is 2.14. The fraction of sp³-hybridized carbons (Fsp3) is 0.538. The first-order valence-electron chi connectivity index (χ1n) is 6.36. The average Bonchev–Trinajstić information content (AvgIpc) is 2.34. The van der Waals surface area contributed by atoms with Crippen molar-refractivity contribution in [1.29, 1.82) is 0 Å². The number of carbonyl (C=O) groups is 1. The molecule has 1 amide bonds. The molecule has 1 rings (SSSR count). The molecule has 4 N–H and O–H groups in total. The number of aryl methyl sites for hydroxylation is 1. The molecule has 0 bridgehead atoms. The van der Waals surface area contributed by atoms with Gasteiger partial charge >= 0.3 is 0 Å². The quantitative estimate of drug-likeness (QED) is 0.643. The Morgan fingerprint density at radius 1 is 1.44 bits per heavy atom. The first-order chi connectivity index (χ1) is 8.63. The van der Waals surface area contributed by atoms with Crippen molar-refractivity contribution in [2.24, 2.45) is 0 Å². The third-order valence-electron chi connectivity index (χ3n) is 2.55. The summed E-state index contributed by atoms with van der Waals surface area (Å²) in [5.41, 5.74) is 7.48. The number of nitrogens with one attached hydrogen (secondary N) is 2. The molecule has 1 aromatic heterocycles. The molecule has 0 saturated carbocycles. The van der Waals surface area contributed by atoms with Gasteiger partial charge in [0, 0.05) is 25.7 Å². The van der Waals surface area contributed by atoms with Crippen molar-refractivity contribution in [1.82, 2.24) is 10.3 Å². The van der Waals surface area contributed by atoms with Gasteiger partial charge in [0.1, 0.15) is 5.82 Å². The Morgan fingerprint density at radius 2 is 2.22 bits per heavy atom. The lowest BCUT2D eigenvalue weighted by Crippen LogP contribution is -2.28. The zero-order valence-corrected chi connectivity index (χ0v) is 11.1. The van der Waals surface area contributed by atoms with Crippen LogP contribution in [0.4, 0.5) is 11.5 Å². The number of nitrogens with zero attached hydrogens (tertiary/aromatic N) is 1. The highest BCUT2D eigenvalue weighted by molar-refractivity contribution is 5.75. The number of amides is 1. The molecule has 1 aromatic rings. The minimum Gasteiger partial charge on any atom is -0.396 e. The van der Waals surface area contributed by atoms with Crippen LogP contribution in [0.2, 0.25) is 0 Å². The van der Waals surface area contributed by atoms with Crippen LogP contribution in [-0.2, 0) is 4.79 Å². The van der Waals surface area contributed by atoms with E-state index >= 15 is 0 Å². The Bertz CT molecular complexity index is 393. The van der Waals surface area contributed by atoms with E-state index in [2.05, 4.69) is 22.5 Å². The number of unbranched alkanes of at least 4 members (excludes halogenated alkanes) is 1. The van der Waals surface area contributed by atoms with Crippen LogP contribution in [-0.4, -0.2) is 24.0 Å². The number of hydrogen-bond acceptors (Lipinski definition) is 4. The van der Waals surface area contributed by atoms with Crippen molar-refractivity contribution in [3.05, 3.63) is 17.8 Å². The molecular formula is C13H22N4O. The number of carbonyl (C=O) groups excluding carboxylic acids is 1. The molecule has 5 heteroatoms. The molecule has 100 valence electrons. The molecule has 0 radical (unpaired) electrons. The maximum absolute atomic E-state index is 11.3. The summed E-state index contributed by atoms with van der Waals surface area (Å²) < 4.78 is 0. The van der Waals surface area contributed by atoms with E-state index in [0.29, 0.717) is 31.0 Å². The maximum atomic E-state index is 11.3. The van der Waals surface area contributed by atoms with Crippen LogP contribution in [0.5, 0.6) is 0 Å². The van der Waals surface area contributed by atoms with Gasteiger partial charge in [-0.3, -0.25) is 4.79 Å². The molecule has 0 saturated heterocycles. The van der Waals surface area contributed by atoms with Gasteiger partial charge in [0.15, 0.2) is 0 Å². The van der Waals surface area contributed by atoms with Crippen LogP contribution >= 0.6 is 0 Å². The van der Waals surface area contributed by atoms with E-state index in [1.54, 1.807) is 6.20 Å². The SMILES string of the molecule is CCCCC(=O)NCCNc1ncc(C)cc1N. The molecule has 1 heterocycles. The van der Waals surface area contributed by atoms with Gasteiger partial charge in [-0.25, -0.2) is 4.98 Å². The Balaban J connectivity index is 2.23. The zero-order chi connectivity index (χ0) is 13.4. The van der Waals surface area contributed by atoms with Crippen molar-refractivity contribution in [2.45, 2.75) is 33.1 Å². The third-order valence-corrected chi connectivity index (χ3v) is 2.55. The molecule has 0 aliphatic carbocycles. The maximum Gasteiger partial charge on any atom is 0.220 e. The number of hydrogen-bond donors (Lipinski definition) is 3. The molecule has 0 aliphatic rings. The Morgan fingerprint density at radius 3 is 2.89 bits per heavy atom. The van der Waals surface area contributed by atoms with E-state index < -0.39 is 0 Å². The summed E-state index contributed by atoms with van der Waals surface area (Å²) in [5, 5.41) is 5.95. The van der Waals surface area contributed by atoms with Crippen molar-refractivity contribution in [3.8, 4) is 0 Å². The predicted octanol–water partition coefficient (Wildman–Crippen LogP) is 1.69. The monoisotopic (exact) mass is 250 g/mol. The van der Waals surface area contributed by atoms with E-state index in [1.165, 1.54) is 0 Å². The molecule has 18 heavy (non-hydrogen) atoms. The Kier molecular flexibility index (Phi) is 5.97. The standard InChI is InChI=1S/C13H22N4O/c1-3-4-5-12(18)15-6-7-16-13-11(14)8-10(2)9-17-13/h8-9H,3-7,14H2,1-2H3,(H,15,18)(H,16,17). The van der Waals surface area contributed by atoms with Crippen molar-refractivity contribution in [3.63, 3.8) is 0 Å². The third kappa shape index (κ3) is 5.03. The summed E-state index contributed by atoms with van der Waals surface area (Å²) in [4.78, 5) is 15.5. The smallest absolute Gasteiger partial charge is 0.220 e. The van der Waals surface area contributed by atoms with E-state index in [9.17, 15) is 4.79 Å². The van der Waals surface area contributed by atoms with Crippen LogP contribution in [0.3, 0.4) is 0 Å². The molecule has 0 unspecified atom stereocenters. The van der Waals surface area contributed by atoms with E-state index in [0.717, 1.165) is 18.4 Å². The average molecular weight is 250 g/mol. The Hall–Kier alpha value is -1.78. The second kappa shape index (κ2) is 7.53. The van der Waals surface area contributed by atoms with Gasteiger partial charge in [0.05, 0.1) is 5.69 Å². The molecule has 5 nitrogen and oxygen atoms in total. The molecule has 0 fully saturated rings. The second-order valence-electron chi connectivity index (χ2n) is 4.33. The van der Waals surface area contributed by atoms with Gasteiger partial charge in [0.2, 0.25) is 5.91 Å². The molecule has 0 aromatic carbocycles. The highest BCUT2D eigenvalue weighted by atomic mass is 16.1. The van der Waals surface area contributed by atoms with Crippen molar-refractivity contribution < 1.29 is 4.79 Å². The first-order valence-corrected chi connectivity index (χ1v) is 6.36. The van der Waals surface area contributed by atoms with Crippen molar-refractivity contribution in [2.75, 3.05) is 24.1 Å². The van der Waals surface area contributed by atoms with Gasteiger partial charge in [-0.1, -0.05) is 13.3 Å². The van der Waals surface area contributed by atoms with E-state index in [-0.39, 0.29) is 5.91 Å². The van der Waals surface area contributed by atoms with Crippen molar-refractivity contribution >= 4 is 17.4 Å².